The van der Waals surface area contributed by atoms with Crippen LogP contribution in [-0.2, 0) is 15.0 Å². The minimum Gasteiger partial charge on any atom is -0.480 e. The second-order valence-electron chi connectivity index (χ2n) is 6.92. The second-order valence-corrected chi connectivity index (χ2v) is 6.92. The lowest BCUT2D eigenvalue weighted by Crippen LogP contribution is -2.59. The summed E-state index contributed by atoms with van der Waals surface area (Å²) >= 11 is 0. The van der Waals surface area contributed by atoms with Gasteiger partial charge in [0.05, 0.1) is 6.04 Å². The van der Waals surface area contributed by atoms with E-state index in [1.54, 1.807) is 4.90 Å². The van der Waals surface area contributed by atoms with Crippen molar-refractivity contribution in [1.29, 1.82) is 0 Å². The molecule has 1 amide bonds. The third-order valence-electron chi connectivity index (χ3n) is 5.37. The van der Waals surface area contributed by atoms with Crippen LogP contribution in [0.5, 0.6) is 0 Å². The molecular weight excluding hydrogens is 314 g/mol. The Morgan fingerprint density at radius 2 is 1.60 bits per heavy atom. The molecule has 0 radical (unpaired) electrons. The lowest BCUT2D eigenvalue weighted by Gasteiger charge is -2.50. The highest BCUT2D eigenvalue weighted by atomic mass is 16.4. The number of aliphatic carboxylic acids is 1. The van der Waals surface area contributed by atoms with Gasteiger partial charge in [-0.1, -0.05) is 67.6 Å². The summed E-state index contributed by atoms with van der Waals surface area (Å²) in [6.45, 7) is 3.42. The van der Waals surface area contributed by atoms with E-state index < -0.39 is 17.4 Å². The maximum atomic E-state index is 12.5. The van der Waals surface area contributed by atoms with Crippen LogP contribution in [0.1, 0.15) is 43.9 Å². The average Bonchev–Trinajstić information content (AvgIpc) is 2.62. The Morgan fingerprint density at radius 1 is 1.04 bits per heavy atom. The number of carboxylic acid groups (broad SMARTS) is 1. The van der Waals surface area contributed by atoms with Gasteiger partial charge in [0.25, 0.3) is 0 Å². The normalized spacial score (nSPS) is 26.2. The van der Waals surface area contributed by atoms with E-state index in [2.05, 4.69) is 0 Å². The molecule has 130 valence electrons. The fourth-order valence-electron chi connectivity index (χ4n) is 4.12. The standard InChI is InChI=1S/C21H23NO3/c1-15(23)22-18(16-9-5-3-6-10-16)13-14-21(2,19(22)20(24)25)17-11-7-4-8-12-17/h3-12,18-19H,13-14H2,1-2H3,(H,24,25)/t18-,19+,21+/m1/s1. The zero-order chi connectivity index (χ0) is 18.0. The van der Waals surface area contributed by atoms with Crippen LogP contribution in [0.2, 0.25) is 0 Å². The van der Waals surface area contributed by atoms with Gasteiger partial charge >= 0.3 is 5.97 Å². The summed E-state index contributed by atoms with van der Waals surface area (Å²) in [4.78, 5) is 26.3. The van der Waals surface area contributed by atoms with Crippen molar-refractivity contribution in [1.82, 2.24) is 4.90 Å². The van der Waals surface area contributed by atoms with Gasteiger partial charge in [0.15, 0.2) is 0 Å². The summed E-state index contributed by atoms with van der Waals surface area (Å²) in [5, 5.41) is 10.0. The number of benzene rings is 2. The summed E-state index contributed by atoms with van der Waals surface area (Å²) in [6.07, 6.45) is 1.44. The predicted octanol–water partition coefficient (Wildman–Crippen LogP) is 3.78. The summed E-state index contributed by atoms with van der Waals surface area (Å²) in [7, 11) is 0. The van der Waals surface area contributed by atoms with Crippen LogP contribution >= 0.6 is 0 Å². The van der Waals surface area contributed by atoms with Crippen LogP contribution in [0, 0.1) is 0 Å². The van der Waals surface area contributed by atoms with Crippen LogP contribution in [0.3, 0.4) is 0 Å². The summed E-state index contributed by atoms with van der Waals surface area (Å²) < 4.78 is 0. The fourth-order valence-corrected chi connectivity index (χ4v) is 4.12. The van der Waals surface area contributed by atoms with E-state index in [1.165, 1.54) is 6.92 Å². The largest absolute Gasteiger partial charge is 0.480 e. The van der Waals surface area contributed by atoms with Gasteiger partial charge in [-0.3, -0.25) is 4.79 Å². The van der Waals surface area contributed by atoms with Crippen molar-refractivity contribution in [3.8, 4) is 0 Å². The minimum absolute atomic E-state index is 0.205. The second kappa shape index (κ2) is 6.71. The van der Waals surface area contributed by atoms with E-state index in [0.717, 1.165) is 17.5 Å². The molecule has 0 bridgehead atoms. The summed E-state index contributed by atoms with van der Waals surface area (Å²) in [5.74, 6) is -1.16. The van der Waals surface area contributed by atoms with Gasteiger partial charge in [0, 0.05) is 12.3 Å². The molecule has 1 saturated heterocycles. The van der Waals surface area contributed by atoms with Gasteiger partial charge in [0.2, 0.25) is 5.91 Å². The monoisotopic (exact) mass is 337 g/mol. The van der Waals surface area contributed by atoms with Crippen LogP contribution in [0.15, 0.2) is 60.7 Å². The number of carbonyl (C=O) groups is 2. The minimum atomic E-state index is -0.956. The van der Waals surface area contributed by atoms with Crippen LogP contribution < -0.4 is 0 Å². The number of rotatable bonds is 3. The molecule has 1 heterocycles. The molecular formula is C21H23NO3. The molecule has 4 heteroatoms. The van der Waals surface area contributed by atoms with Gasteiger partial charge in [-0.2, -0.15) is 0 Å². The van der Waals surface area contributed by atoms with Crippen molar-refractivity contribution < 1.29 is 14.7 Å². The molecule has 0 spiro atoms. The van der Waals surface area contributed by atoms with E-state index in [1.807, 2.05) is 67.6 Å². The lowest BCUT2D eigenvalue weighted by atomic mass is 9.67. The van der Waals surface area contributed by atoms with Crippen molar-refractivity contribution in [2.45, 2.75) is 44.2 Å². The molecule has 1 aliphatic rings. The number of hydrogen-bond acceptors (Lipinski definition) is 2. The van der Waals surface area contributed by atoms with Crippen LogP contribution in [0.25, 0.3) is 0 Å². The van der Waals surface area contributed by atoms with Crippen molar-refractivity contribution in [3.05, 3.63) is 71.8 Å². The molecule has 3 atom stereocenters. The molecule has 2 aromatic rings. The van der Waals surface area contributed by atoms with Gasteiger partial charge in [-0.15, -0.1) is 0 Å². The first-order valence-corrected chi connectivity index (χ1v) is 8.57. The van der Waals surface area contributed by atoms with E-state index >= 15 is 0 Å². The first-order chi connectivity index (χ1) is 11.9. The molecule has 1 N–H and O–H groups in total. The quantitative estimate of drug-likeness (QED) is 0.927. The maximum absolute atomic E-state index is 12.5. The van der Waals surface area contributed by atoms with Crippen molar-refractivity contribution in [2.75, 3.05) is 0 Å². The molecule has 2 aromatic carbocycles. The molecule has 0 unspecified atom stereocenters. The molecule has 4 nitrogen and oxygen atoms in total. The van der Waals surface area contributed by atoms with Gasteiger partial charge in [0.1, 0.15) is 6.04 Å². The highest BCUT2D eigenvalue weighted by Gasteiger charge is 2.51. The Hall–Kier alpha value is -2.62. The van der Waals surface area contributed by atoms with Crippen molar-refractivity contribution in [2.24, 2.45) is 0 Å². The molecule has 1 aliphatic heterocycles. The smallest absolute Gasteiger partial charge is 0.327 e. The van der Waals surface area contributed by atoms with E-state index in [4.69, 9.17) is 0 Å². The van der Waals surface area contributed by atoms with E-state index in [9.17, 15) is 14.7 Å². The number of amides is 1. The average molecular weight is 337 g/mol. The SMILES string of the molecule is CC(=O)N1[C@@H](c2ccccc2)CC[C@@](C)(c2ccccc2)[C@@H]1C(=O)O. The molecule has 3 rings (SSSR count). The number of carbonyl (C=O) groups excluding carboxylic acids is 1. The zero-order valence-corrected chi connectivity index (χ0v) is 14.6. The molecule has 1 fully saturated rings. The van der Waals surface area contributed by atoms with E-state index in [0.29, 0.717) is 6.42 Å². The third-order valence-corrected chi connectivity index (χ3v) is 5.37. The Kier molecular flexibility index (Phi) is 4.62. The Balaban J connectivity index is 2.09. The highest BCUT2D eigenvalue weighted by molar-refractivity contribution is 5.84. The summed E-state index contributed by atoms with van der Waals surface area (Å²) in [6, 6.07) is 18.3. The van der Waals surface area contributed by atoms with Crippen LogP contribution in [0.4, 0.5) is 0 Å². The zero-order valence-electron chi connectivity index (χ0n) is 14.6. The molecule has 0 aromatic heterocycles. The van der Waals surface area contributed by atoms with Crippen LogP contribution in [-0.4, -0.2) is 27.9 Å². The third kappa shape index (κ3) is 3.04. The predicted molar refractivity (Wildman–Crippen MR) is 96.2 cm³/mol. The topological polar surface area (TPSA) is 57.6 Å². The summed E-state index contributed by atoms with van der Waals surface area (Å²) in [5.41, 5.74) is 1.32. The first-order valence-electron chi connectivity index (χ1n) is 8.57. The maximum Gasteiger partial charge on any atom is 0.327 e. The fraction of sp³-hybridized carbons (Fsp3) is 0.333. The van der Waals surface area contributed by atoms with E-state index in [-0.39, 0.29) is 11.9 Å². The number of carboxylic acids is 1. The Bertz CT molecular complexity index is 759. The van der Waals surface area contributed by atoms with Crippen molar-refractivity contribution in [3.63, 3.8) is 0 Å². The highest BCUT2D eigenvalue weighted by Crippen LogP contribution is 2.46. The lowest BCUT2D eigenvalue weighted by molar-refractivity contribution is -0.159. The number of hydrogen-bond donors (Lipinski definition) is 1. The van der Waals surface area contributed by atoms with Gasteiger partial charge in [-0.25, -0.2) is 4.79 Å². The number of piperidine rings is 1. The number of nitrogens with zero attached hydrogens (tertiary/aromatic N) is 1. The molecule has 0 saturated carbocycles. The van der Waals surface area contributed by atoms with Crippen molar-refractivity contribution >= 4 is 11.9 Å². The number of likely N-dealkylation sites (tertiary alicyclic amines) is 1. The van der Waals surface area contributed by atoms with Gasteiger partial charge in [-0.05, 0) is 24.0 Å². The molecule has 0 aliphatic carbocycles. The Morgan fingerprint density at radius 3 is 2.12 bits per heavy atom. The Labute approximate surface area is 148 Å². The molecule has 25 heavy (non-hydrogen) atoms. The van der Waals surface area contributed by atoms with Gasteiger partial charge < -0.3 is 10.0 Å². The first kappa shape index (κ1) is 17.2.